The Labute approximate surface area is 171 Å². The number of hydrogen-bond acceptors (Lipinski definition) is 5. The third-order valence-electron chi connectivity index (χ3n) is 4.99. The van der Waals surface area contributed by atoms with E-state index in [-0.39, 0.29) is 17.7 Å². The van der Waals surface area contributed by atoms with Gasteiger partial charge < -0.3 is 10.6 Å². The van der Waals surface area contributed by atoms with E-state index in [0.717, 1.165) is 34.9 Å². The highest BCUT2D eigenvalue weighted by Gasteiger charge is 2.29. The second kappa shape index (κ2) is 7.40. The smallest absolute Gasteiger partial charge is 0.276 e. The van der Waals surface area contributed by atoms with Crippen molar-refractivity contribution in [1.29, 1.82) is 0 Å². The second-order valence-corrected chi connectivity index (χ2v) is 7.22. The fourth-order valence-electron chi connectivity index (χ4n) is 3.21. The molecular weight excluding hydrogens is 380 g/mol. The van der Waals surface area contributed by atoms with Gasteiger partial charge in [0.15, 0.2) is 5.69 Å². The maximum Gasteiger partial charge on any atom is 0.276 e. The summed E-state index contributed by atoms with van der Waals surface area (Å²) in [6.07, 6.45) is 6.86. The maximum absolute atomic E-state index is 12.8. The highest BCUT2D eigenvalue weighted by atomic mass is 16.2. The fourth-order valence-corrected chi connectivity index (χ4v) is 3.21. The first kappa shape index (κ1) is 18.0. The Morgan fingerprint density at radius 3 is 2.63 bits per heavy atom. The number of hydrogen-bond donors (Lipinski definition) is 3. The summed E-state index contributed by atoms with van der Waals surface area (Å²) in [4.78, 5) is 32.9. The summed E-state index contributed by atoms with van der Waals surface area (Å²) >= 11 is 0. The Hall–Kier alpha value is -4.07. The van der Waals surface area contributed by atoms with Crippen molar-refractivity contribution in [2.75, 3.05) is 10.6 Å². The van der Waals surface area contributed by atoms with Gasteiger partial charge in [0.25, 0.3) is 5.91 Å². The molecule has 3 aromatic heterocycles. The van der Waals surface area contributed by atoms with Gasteiger partial charge >= 0.3 is 0 Å². The van der Waals surface area contributed by atoms with Crippen molar-refractivity contribution in [2.45, 2.75) is 12.8 Å². The Balaban J connectivity index is 1.35. The lowest BCUT2D eigenvalue weighted by molar-refractivity contribution is -0.117. The predicted molar refractivity (Wildman–Crippen MR) is 113 cm³/mol. The van der Waals surface area contributed by atoms with Crippen LogP contribution in [0.25, 0.3) is 22.0 Å². The standard InChI is InChI=1S/C22H18N6O2/c29-21(13-3-4-13)26-19-8-6-16(12-24-19)25-22(30)20-17-10-14(5-7-18(17)27-28-20)15-2-1-9-23-11-15/h1-2,5-13H,3-4H2,(H,25,30)(H,27,28)(H,24,26,29). The zero-order valence-electron chi connectivity index (χ0n) is 15.9. The summed E-state index contributed by atoms with van der Waals surface area (Å²) in [5.41, 5.74) is 3.48. The van der Waals surface area contributed by atoms with E-state index in [1.807, 2.05) is 30.3 Å². The van der Waals surface area contributed by atoms with Gasteiger partial charge in [0.1, 0.15) is 5.82 Å². The van der Waals surface area contributed by atoms with E-state index >= 15 is 0 Å². The largest absolute Gasteiger partial charge is 0.319 e. The van der Waals surface area contributed by atoms with Gasteiger partial charge in [-0.1, -0.05) is 12.1 Å². The van der Waals surface area contributed by atoms with Crippen LogP contribution in [0.3, 0.4) is 0 Å². The SMILES string of the molecule is O=C(Nc1ccc(NC(=O)C2CC2)nc1)c1n[nH]c2ccc(-c3cccnc3)cc12. The molecule has 0 atom stereocenters. The zero-order chi connectivity index (χ0) is 20.5. The summed E-state index contributed by atoms with van der Waals surface area (Å²) in [6, 6.07) is 13.0. The molecule has 5 rings (SSSR count). The molecule has 30 heavy (non-hydrogen) atoms. The van der Waals surface area contributed by atoms with Crippen LogP contribution >= 0.6 is 0 Å². The molecule has 0 spiro atoms. The zero-order valence-corrected chi connectivity index (χ0v) is 15.9. The van der Waals surface area contributed by atoms with Crippen LogP contribution in [0.15, 0.2) is 61.1 Å². The molecule has 0 radical (unpaired) electrons. The molecule has 0 unspecified atom stereocenters. The molecule has 3 N–H and O–H groups in total. The highest BCUT2D eigenvalue weighted by molar-refractivity contribution is 6.11. The van der Waals surface area contributed by atoms with Crippen molar-refractivity contribution in [3.63, 3.8) is 0 Å². The number of nitrogens with one attached hydrogen (secondary N) is 3. The number of pyridine rings is 2. The lowest BCUT2D eigenvalue weighted by Gasteiger charge is -2.06. The van der Waals surface area contributed by atoms with Crippen molar-refractivity contribution in [3.05, 3.63) is 66.7 Å². The number of nitrogens with zero attached hydrogens (tertiary/aromatic N) is 3. The molecule has 3 heterocycles. The number of H-pyrrole nitrogens is 1. The van der Waals surface area contributed by atoms with E-state index in [4.69, 9.17) is 0 Å². The van der Waals surface area contributed by atoms with E-state index in [2.05, 4.69) is 30.8 Å². The Morgan fingerprint density at radius 1 is 1.00 bits per heavy atom. The van der Waals surface area contributed by atoms with Crippen LogP contribution in [0, 0.1) is 5.92 Å². The second-order valence-electron chi connectivity index (χ2n) is 7.22. The van der Waals surface area contributed by atoms with Crippen molar-refractivity contribution >= 4 is 34.2 Å². The summed E-state index contributed by atoms with van der Waals surface area (Å²) < 4.78 is 0. The number of fused-ring (bicyclic) bond motifs is 1. The Morgan fingerprint density at radius 2 is 1.90 bits per heavy atom. The van der Waals surface area contributed by atoms with Crippen LogP contribution in [0.5, 0.6) is 0 Å². The molecule has 0 aliphatic heterocycles. The van der Waals surface area contributed by atoms with Crippen LogP contribution in [-0.4, -0.2) is 32.0 Å². The fraction of sp³-hybridized carbons (Fsp3) is 0.136. The lowest BCUT2D eigenvalue weighted by atomic mass is 10.0. The van der Waals surface area contributed by atoms with Gasteiger partial charge in [-0.2, -0.15) is 5.10 Å². The minimum atomic E-state index is -0.346. The number of amides is 2. The van der Waals surface area contributed by atoms with E-state index in [0.29, 0.717) is 17.2 Å². The van der Waals surface area contributed by atoms with E-state index in [1.54, 1.807) is 24.5 Å². The topological polar surface area (TPSA) is 113 Å². The first-order valence-electron chi connectivity index (χ1n) is 9.64. The monoisotopic (exact) mass is 398 g/mol. The van der Waals surface area contributed by atoms with Gasteiger partial charge in [-0.3, -0.25) is 19.7 Å². The van der Waals surface area contributed by atoms with Gasteiger partial charge in [0, 0.05) is 29.3 Å². The van der Waals surface area contributed by atoms with Crippen LogP contribution in [0.4, 0.5) is 11.5 Å². The molecule has 148 valence electrons. The molecule has 1 aliphatic carbocycles. The minimum Gasteiger partial charge on any atom is -0.319 e. The molecule has 1 aliphatic rings. The summed E-state index contributed by atoms with van der Waals surface area (Å²) in [7, 11) is 0. The van der Waals surface area contributed by atoms with E-state index in [9.17, 15) is 9.59 Å². The van der Waals surface area contributed by atoms with Crippen molar-refractivity contribution < 1.29 is 9.59 Å². The third kappa shape index (κ3) is 3.62. The summed E-state index contributed by atoms with van der Waals surface area (Å²) in [5, 5.41) is 13.4. The molecule has 2 amide bonds. The van der Waals surface area contributed by atoms with Gasteiger partial charge in [-0.15, -0.1) is 0 Å². The molecule has 1 aromatic carbocycles. The van der Waals surface area contributed by atoms with Crippen molar-refractivity contribution in [2.24, 2.45) is 5.92 Å². The molecule has 1 saturated carbocycles. The summed E-state index contributed by atoms with van der Waals surface area (Å²) in [6.45, 7) is 0. The number of rotatable bonds is 5. The number of carbonyl (C=O) groups is 2. The molecule has 1 fully saturated rings. The molecule has 8 nitrogen and oxygen atoms in total. The minimum absolute atomic E-state index is 0.00769. The Bertz CT molecular complexity index is 1230. The molecule has 0 saturated heterocycles. The number of carbonyl (C=O) groups excluding carboxylic acids is 2. The van der Waals surface area contributed by atoms with E-state index < -0.39 is 0 Å². The molecule has 4 aromatic rings. The first-order chi connectivity index (χ1) is 14.7. The number of anilines is 2. The van der Waals surface area contributed by atoms with Gasteiger partial charge in [0.05, 0.1) is 17.4 Å². The van der Waals surface area contributed by atoms with Crippen molar-refractivity contribution in [1.82, 2.24) is 20.2 Å². The highest BCUT2D eigenvalue weighted by Crippen LogP contribution is 2.30. The number of benzene rings is 1. The first-order valence-corrected chi connectivity index (χ1v) is 9.64. The van der Waals surface area contributed by atoms with E-state index in [1.165, 1.54) is 6.20 Å². The van der Waals surface area contributed by atoms with Gasteiger partial charge in [0.2, 0.25) is 5.91 Å². The lowest BCUT2D eigenvalue weighted by Crippen LogP contribution is -2.15. The normalized spacial score (nSPS) is 13.2. The van der Waals surface area contributed by atoms with Gasteiger partial charge in [-0.25, -0.2) is 4.98 Å². The average Bonchev–Trinajstić information content (AvgIpc) is 3.55. The molecule has 8 heteroatoms. The summed E-state index contributed by atoms with van der Waals surface area (Å²) in [5.74, 6) is 0.222. The predicted octanol–water partition coefficient (Wildman–Crippen LogP) is 3.62. The maximum atomic E-state index is 12.8. The number of aromatic nitrogens is 4. The van der Waals surface area contributed by atoms with Gasteiger partial charge in [-0.05, 0) is 48.7 Å². The quantitative estimate of drug-likeness (QED) is 0.475. The van der Waals surface area contributed by atoms with Crippen LogP contribution in [-0.2, 0) is 4.79 Å². The van der Waals surface area contributed by atoms with Crippen LogP contribution < -0.4 is 10.6 Å². The van der Waals surface area contributed by atoms with Crippen LogP contribution in [0.2, 0.25) is 0 Å². The number of aromatic amines is 1. The average molecular weight is 398 g/mol. The molecule has 0 bridgehead atoms. The molecular formula is C22H18N6O2. The van der Waals surface area contributed by atoms with Crippen LogP contribution in [0.1, 0.15) is 23.3 Å². The van der Waals surface area contributed by atoms with Crippen molar-refractivity contribution in [3.8, 4) is 11.1 Å². The Kier molecular flexibility index (Phi) is 4.44. The third-order valence-corrected chi connectivity index (χ3v) is 4.99.